The van der Waals surface area contributed by atoms with Gasteiger partial charge in [0.2, 0.25) is 11.7 Å². The number of nitriles is 1. The molecule has 0 amide bonds. The van der Waals surface area contributed by atoms with Crippen LogP contribution in [0.1, 0.15) is 50.2 Å². The van der Waals surface area contributed by atoms with E-state index in [9.17, 15) is 0 Å². The molecular formula is C12H15N3O2. The lowest BCUT2D eigenvalue weighted by Gasteiger charge is -2.30. The summed E-state index contributed by atoms with van der Waals surface area (Å²) in [7, 11) is 0. The van der Waals surface area contributed by atoms with Crippen LogP contribution in [0.5, 0.6) is 0 Å². The van der Waals surface area contributed by atoms with E-state index in [1.165, 1.54) is 0 Å². The molecule has 2 heterocycles. The van der Waals surface area contributed by atoms with Gasteiger partial charge in [-0.2, -0.15) is 10.2 Å². The molecule has 90 valence electrons. The highest BCUT2D eigenvalue weighted by Gasteiger charge is 2.44. The van der Waals surface area contributed by atoms with Crippen LogP contribution in [0, 0.1) is 17.2 Å². The molecule has 1 saturated carbocycles. The summed E-state index contributed by atoms with van der Waals surface area (Å²) >= 11 is 0. The number of ether oxygens (including phenoxy) is 1. The Labute approximate surface area is 99.8 Å². The highest BCUT2D eigenvalue weighted by molar-refractivity contribution is 5.16. The van der Waals surface area contributed by atoms with Crippen LogP contribution in [0.25, 0.3) is 0 Å². The number of hydrogen-bond acceptors (Lipinski definition) is 5. The number of hydrogen-bond donors (Lipinski definition) is 0. The van der Waals surface area contributed by atoms with Gasteiger partial charge in [-0.15, -0.1) is 0 Å². The number of rotatable bonds is 2. The van der Waals surface area contributed by atoms with Crippen LogP contribution < -0.4 is 0 Å². The van der Waals surface area contributed by atoms with Gasteiger partial charge in [0.25, 0.3) is 0 Å². The van der Waals surface area contributed by atoms with Gasteiger partial charge in [0.05, 0.1) is 17.9 Å². The van der Waals surface area contributed by atoms with Gasteiger partial charge in [-0.3, -0.25) is 0 Å². The molecule has 0 radical (unpaired) electrons. The summed E-state index contributed by atoms with van der Waals surface area (Å²) in [4.78, 5) is 4.41. The van der Waals surface area contributed by atoms with Crippen molar-refractivity contribution in [3.63, 3.8) is 0 Å². The first kappa shape index (κ1) is 10.7. The van der Waals surface area contributed by atoms with E-state index in [1.54, 1.807) is 0 Å². The minimum absolute atomic E-state index is 0.0587. The summed E-state index contributed by atoms with van der Waals surface area (Å²) in [6, 6.07) is 2.23. The normalized spacial score (nSPS) is 36.5. The lowest BCUT2D eigenvalue weighted by molar-refractivity contribution is -0.0770. The zero-order chi connectivity index (χ0) is 11.9. The fourth-order valence-corrected chi connectivity index (χ4v) is 2.32. The van der Waals surface area contributed by atoms with Crippen molar-refractivity contribution in [2.75, 3.05) is 6.61 Å². The van der Waals surface area contributed by atoms with Gasteiger partial charge in [-0.1, -0.05) is 5.16 Å². The van der Waals surface area contributed by atoms with E-state index in [2.05, 4.69) is 16.2 Å². The monoisotopic (exact) mass is 233 g/mol. The van der Waals surface area contributed by atoms with E-state index in [4.69, 9.17) is 14.5 Å². The molecule has 5 heteroatoms. The maximum atomic E-state index is 8.78. The third kappa shape index (κ3) is 1.83. The predicted octanol–water partition coefficient (Wildman–Crippen LogP) is 2.11. The number of nitrogens with zero attached hydrogens (tertiary/aromatic N) is 3. The molecule has 2 fully saturated rings. The van der Waals surface area contributed by atoms with Gasteiger partial charge >= 0.3 is 0 Å². The second kappa shape index (κ2) is 3.81. The largest absolute Gasteiger partial charge is 0.367 e. The van der Waals surface area contributed by atoms with Crippen molar-refractivity contribution in [2.45, 2.75) is 44.1 Å². The van der Waals surface area contributed by atoms with Crippen molar-refractivity contribution in [1.29, 1.82) is 5.26 Å². The van der Waals surface area contributed by atoms with Crippen molar-refractivity contribution < 1.29 is 9.26 Å². The van der Waals surface area contributed by atoms with Gasteiger partial charge in [-0.25, -0.2) is 0 Å². The molecule has 0 spiro atoms. The van der Waals surface area contributed by atoms with Crippen molar-refractivity contribution >= 4 is 0 Å². The van der Waals surface area contributed by atoms with Crippen molar-refractivity contribution in [2.24, 2.45) is 5.92 Å². The van der Waals surface area contributed by atoms with E-state index in [0.717, 1.165) is 32.3 Å². The summed E-state index contributed by atoms with van der Waals surface area (Å²) in [6.45, 7) is 2.76. The highest BCUT2D eigenvalue weighted by Crippen LogP contribution is 2.46. The second-order valence-corrected chi connectivity index (χ2v) is 5.07. The average Bonchev–Trinajstić information content (AvgIpc) is 2.97. The zero-order valence-corrected chi connectivity index (χ0v) is 9.85. The van der Waals surface area contributed by atoms with E-state index >= 15 is 0 Å². The quantitative estimate of drug-likeness (QED) is 0.782. The van der Waals surface area contributed by atoms with Gasteiger partial charge in [0.15, 0.2) is 0 Å². The molecule has 0 bridgehead atoms. The van der Waals surface area contributed by atoms with Crippen LogP contribution in [0.4, 0.5) is 0 Å². The molecule has 5 nitrogen and oxygen atoms in total. The summed E-state index contributed by atoms with van der Waals surface area (Å²) in [5, 5.41) is 12.8. The first-order valence-corrected chi connectivity index (χ1v) is 6.10. The topological polar surface area (TPSA) is 71.9 Å². The van der Waals surface area contributed by atoms with Crippen LogP contribution in [0.3, 0.4) is 0 Å². The van der Waals surface area contributed by atoms with Gasteiger partial charge in [0.1, 0.15) is 5.60 Å². The summed E-state index contributed by atoms with van der Waals surface area (Å²) in [5.41, 5.74) is -0.406. The van der Waals surface area contributed by atoms with Gasteiger partial charge in [0, 0.05) is 6.61 Å². The van der Waals surface area contributed by atoms with Crippen molar-refractivity contribution in [3.05, 3.63) is 11.7 Å². The third-order valence-electron chi connectivity index (χ3n) is 3.66. The maximum Gasteiger partial charge on any atom is 0.231 e. The minimum atomic E-state index is -0.406. The molecule has 17 heavy (non-hydrogen) atoms. The molecule has 2 aliphatic rings. The fraction of sp³-hybridized carbons (Fsp3) is 0.750. The Bertz CT molecular complexity index is 457. The third-order valence-corrected chi connectivity index (χ3v) is 3.66. The first-order chi connectivity index (χ1) is 8.23. The van der Waals surface area contributed by atoms with Crippen LogP contribution in [0.2, 0.25) is 0 Å². The van der Waals surface area contributed by atoms with Gasteiger partial charge in [-0.05, 0) is 32.6 Å². The first-order valence-electron chi connectivity index (χ1n) is 6.10. The average molecular weight is 233 g/mol. The smallest absolute Gasteiger partial charge is 0.231 e. The Morgan fingerprint density at radius 1 is 1.47 bits per heavy atom. The fourth-order valence-electron chi connectivity index (χ4n) is 2.32. The zero-order valence-electron chi connectivity index (χ0n) is 9.85. The Morgan fingerprint density at radius 3 is 3.00 bits per heavy atom. The van der Waals surface area contributed by atoms with Crippen molar-refractivity contribution in [1.82, 2.24) is 10.1 Å². The molecule has 1 aromatic rings. The lowest BCUT2D eigenvalue weighted by atomic mass is 9.95. The van der Waals surface area contributed by atoms with E-state index in [-0.39, 0.29) is 11.8 Å². The Hall–Kier alpha value is -1.41. The SMILES string of the molecule is CC1(c2noc(C3CC3C#N)n2)CCCCO1. The molecule has 3 unspecified atom stereocenters. The molecule has 1 aliphatic carbocycles. The minimum Gasteiger partial charge on any atom is -0.367 e. The molecule has 0 N–H and O–H groups in total. The summed E-state index contributed by atoms with van der Waals surface area (Å²) in [6.07, 6.45) is 4.00. The maximum absolute atomic E-state index is 8.78. The molecule has 3 atom stereocenters. The highest BCUT2D eigenvalue weighted by atomic mass is 16.5. The molecule has 0 aromatic carbocycles. The van der Waals surface area contributed by atoms with E-state index in [0.29, 0.717) is 11.7 Å². The van der Waals surface area contributed by atoms with E-state index < -0.39 is 5.60 Å². The predicted molar refractivity (Wildman–Crippen MR) is 57.9 cm³/mol. The van der Waals surface area contributed by atoms with Gasteiger partial charge < -0.3 is 9.26 Å². The number of aromatic nitrogens is 2. The van der Waals surface area contributed by atoms with Crippen molar-refractivity contribution in [3.8, 4) is 6.07 Å². The standard InChI is InChI=1S/C12H15N3O2/c1-12(4-2-3-5-16-12)11-14-10(17-15-11)9-6-8(9)7-13/h8-9H,2-6H2,1H3. The Kier molecular flexibility index (Phi) is 2.40. The summed E-state index contributed by atoms with van der Waals surface area (Å²) < 4.78 is 11.0. The molecule has 1 saturated heterocycles. The molecular weight excluding hydrogens is 218 g/mol. The Morgan fingerprint density at radius 2 is 2.35 bits per heavy atom. The van der Waals surface area contributed by atoms with Crippen LogP contribution >= 0.6 is 0 Å². The summed E-state index contributed by atoms with van der Waals surface area (Å²) in [5.74, 6) is 1.44. The van der Waals surface area contributed by atoms with Crippen LogP contribution in [0.15, 0.2) is 4.52 Å². The molecule has 1 aromatic heterocycles. The lowest BCUT2D eigenvalue weighted by Crippen LogP contribution is -2.31. The molecule has 1 aliphatic heterocycles. The van der Waals surface area contributed by atoms with E-state index in [1.807, 2.05) is 6.92 Å². The van der Waals surface area contributed by atoms with Crippen LogP contribution in [-0.2, 0) is 10.3 Å². The van der Waals surface area contributed by atoms with Crippen LogP contribution in [-0.4, -0.2) is 16.7 Å². The molecule has 3 rings (SSSR count). The Balaban J connectivity index is 1.78. The second-order valence-electron chi connectivity index (χ2n) is 5.07.